The van der Waals surface area contributed by atoms with Gasteiger partial charge < -0.3 is 29.8 Å². The highest BCUT2D eigenvalue weighted by molar-refractivity contribution is 5.90. The van der Waals surface area contributed by atoms with Crippen LogP contribution in [0.4, 0.5) is 0 Å². The highest BCUT2D eigenvalue weighted by Crippen LogP contribution is 2.33. The van der Waals surface area contributed by atoms with Crippen molar-refractivity contribution in [3.05, 3.63) is 71.8 Å². The molecule has 29 heavy (non-hydrogen) atoms. The number of aliphatic hydroxyl groups excluding tert-OH is 1. The number of hydrogen-bond acceptors (Lipinski definition) is 8. The maximum Gasteiger partial charge on any atom is 0.338 e. The monoisotopic (exact) mass is 399 g/mol. The second kappa shape index (κ2) is 8.30. The molecule has 8 nitrogen and oxygen atoms in total. The number of rotatable bonds is 4. The van der Waals surface area contributed by atoms with E-state index in [4.69, 9.17) is 24.7 Å². The molecular formula is C21H21NO7. The fraction of sp³-hybridized carbons (Fsp3) is 0.333. The molecule has 1 heterocycles. The Labute approximate surface area is 167 Å². The maximum absolute atomic E-state index is 12.5. The molecule has 0 radical (unpaired) electrons. The lowest BCUT2D eigenvalue weighted by atomic mass is 9.83. The molecule has 2 aliphatic rings. The Kier molecular flexibility index (Phi) is 5.59. The molecule has 1 unspecified atom stereocenters. The second-order valence-electron chi connectivity index (χ2n) is 6.92. The molecule has 0 bridgehead atoms. The van der Waals surface area contributed by atoms with Gasteiger partial charge >= 0.3 is 11.9 Å². The first kappa shape index (κ1) is 19.5. The van der Waals surface area contributed by atoms with E-state index in [0.29, 0.717) is 11.1 Å². The Morgan fingerprint density at radius 2 is 1.28 bits per heavy atom. The molecule has 8 heteroatoms. The lowest BCUT2D eigenvalue weighted by Gasteiger charge is -2.42. The summed E-state index contributed by atoms with van der Waals surface area (Å²) in [6.07, 6.45) is -4.91. The van der Waals surface area contributed by atoms with Crippen LogP contribution < -0.4 is 5.73 Å². The first-order valence-electron chi connectivity index (χ1n) is 9.25. The van der Waals surface area contributed by atoms with Gasteiger partial charge in [-0.25, -0.2) is 9.59 Å². The fourth-order valence-electron chi connectivity index (χ4n) is 3.59. The molecule has 2 aromatic carbocycles. The third-order valence-corrected chi connectivity index (χ3v) is 5.11. The van der Waals surface area contributed by atoms with E-state index in [2.05, 4.69) is 0 Å². The minimum absolute atomic E-state index is 0.0897. The maximum atomic E-state index is 12.5. The van der Waals surface area contributed by atoms with Crippen LogP contribution in [0.15, 0.2) is 60.7 Å². The number of fused-ring (bicyclic) bond motifs is 1. The van der Waals surface area contributed by atoms with Gasteiger partial charge in [0.2, 0.25) is 0 Å². The van der Waals surface area contributed by atoms with Gasteiger partial charge in [0.25, 0.3) is 0 Å². The largest absolute Gasteiger partial charge is 0.454 e. The van der Waals surface area contributed by atoms with Crippen LogP contribution in [-0.4, -0.2) is 60.4 Å². The Hall–Kier alpha value is -2.78. The van der Waals surface area contributed by atoms with E-state index < -0.39 is 48.5 Å². The van der Waals surface area contributed by atoms with Gasteiger partial charge in [0.05, 0.1) is 17.2 Å². The molecule has 0 amide bonds. The molecule has 4 rings (SSSR count). The van der Waals surface area contributed by atoms with Crippen LogP contribution in [0.1, 0.15) is 20.7 Å². The molecule has 3 N–H and O–H groups in total. The Morgan fingerprint density at radius 1 is 0.828 bits per heavy atom. The van der Waals surface area contributed by atoms with Gasteiger partial charge in [0.1, 0.15) is 31.2 Å². The summed E-state index contributed by atoms with van der Waals surface area (Å²) >= 11 is 0. The summed E-state index contributed by atoms with van der Waals surface area (Å²) in [5.74, 6) is -1.21. The van der Waals surface area contributed by atoms with E-state index in [0.717, 1.165) is 0 Å². The number of nitrogens with two attached hydrogens (primary N) is 1. The lowest BCUT2D eigenvalue weighted by Crippen LogP contribution is -2.67. The molecule has 2 aromatic rings. The van der Waals surface area contributed by atoms with Crippen LogP contribution >= 0.6 is 0 Å². The van der Waals surface area contributed by atoms with Crippen LogP contribution in [-0.2, 0) is 18.9 Å². The van der Waals surface area contributed by atoms with Crippen molar-refractivity contribution in [2.45, 2.75) is 36.6 Å². The number of aliphatic hydroxyl groups is 1. The number of benzene rings is 2. The van der Waals surface area contributed by atoms with Crippen LogP contribution in [0.25, 0.3) is 0 Å². The summed E-state index contributed by atoms with van der Waals surface area (Å²) in [7, 11) is 0. The van der Waals surface area contributed by atoms with Gasteiger partial charge in [-0.15, -0.1) is 0 Å². The average molecular weight is 399 g/mol. The number of hydrogen-bond donors (Lipinski definition) is 2. The van der Waals surface area contributed by atoms with Gasteiger partial charge in [-0.1, -0.05) is 36.4 Å². The van der Waals surface area contributed by atoms with E-state index >= 15 is 0 Å². The standard InChI is InChI=1S/C21H21NO7/c22-14-15(23)17(29-21(25)13-9-5-2-6-10-13)19-18(26-11-27-19)16(14)28-20(24)12-7-3-1-4-8-12/h1-10,14-19,23H,11,22H2/t14?,15-,16+,17+,18-,19+/m0/s1. The van der Waals surface area contributed by atoms with Crippen LogP contribution in [0, 0.1) is 0 Å². The molecule has 0 spiro atoms. The molecule has 1 aliphatic carbocycles. The Morgan fingerprint density at radius 3 is 1.79 bits per heavy atom. The van der Waals surface area contributed by atoms with Gasteiger partial charge in [-0.05, 0) is 24.3 Å². The van der Waals surface area contributed by atoms with E-state index in [-0.39, 0.29) is 6.79 Å². The van der Waals surface area contributed by atoms with Gasteiger partial charge in [-0.2, -0.15) is 0 Å². The molecule has 152 valence electrons. The number of carbonyl (C=O) groups is 2. The lowest BCUT2D eigenvalue weighted by molar-refractivity contribution is -0.148. The zero-order valence-corrected chi connectivity index (χ0v) is 15.4. The summed E-state index contributed by atoms with van der Waals surface area (Å²) in [5, 5.41) is 10.7. The summed E-state index contributed by atoms with van der Waals surface area (Å²) < 4.78 is 22.1. The van der Waals surface area contributed by atoms with Crippen molar-refractivity contribution < 1.29 is 33.6 Å². The van der Waals surface area contributed by atoms with Crippen molar-refractivity contribution in [2.75, 3.05) is 6.79 Å². The van der Waals surface area contributed by atoms with Crippen LogP contribution in [0.5, 0.6) is 0 Å². The zero-order valence-electron chi connectivity index (χ0n) is 15.4. The van der Waals surface area contributed by atoms with Crippen molar-refractivity contribution in [2.24, 2.45) is 5.73 Å². The number of ether oxygens (including phenoxy) is 4. The van der Waals surface area contributed by atoms with E-state index in [1.54, 1.807) is 60.7 Å². The fourth-order valence-corrected chi connectivity index (χ4v) is 3.59. The van der Waals surface area contributed by atoms with Crippen molar-refractivity contribution in [3.63, 3.8) is 0 Å². The van der Waals surface area contributed by atoms with Crippen molar-refractivity contribution >= 4 is 11.9 Å². The van der Waals surface area contributed by atoms with Gasteiger partial charge in [-0.3, -0.25) is 0 Å². The Balaban J connectivity index is 1.51. The molecule has 1 aliphatic heterocycles. The third-order valence-electron chi connectivity index (χ3n) is 5.11. The minimum atomic E-state index is -1.31. The van der Waals surface area contributed by atoms with E-state index in [1.807, 2.05) is 0 Å². The molecule has 1 saturated heterocycles. The minimum Gasteiger partial charge on any atom is -0.454 e. The van der Waals surface area contributed by atoms with Crippen molar-refractivity contribution in [1.82, 2.24) is 0 Å². The van der Waals surface area contributed by atoms with E-state index in [1.165, 1.54) is 0 Å². The first-order valence-corrected chi connectivity index (χ1v) is 9.25. The summed E-state index contributed by atoms with van der Waals surface area (Å²) in [4.78, 5) is 24.9. The molecular weight excluding hydrogens is 378 g/mol. The quantitative estimate of drug-likeness (QED) is 0.728. The predicted octanol–water partition coefficient (Wildman–Crippen LogP) is 0.881. The highest BCUT2D eigenvalue weighted by atomic mass is 16.7. The predicted molar refractivity (Wildman–Crippen MR) is 99.9 cm³/mol. The zero-order chi connectivity index (χ0) is 20.4. The smallest absolute Gasteiger partial charge is 0.338 e. The highest BCUT2D eigenvalue weighted by Gasteiger charge is 2.56. The van der Waals surface area contributed by atoms with Crippen molar-refractivity contribution in [1.29, 1.82) is 0 Å². The molecule has 6 atom stereocenters. The van der Waals surface area contributed by atoms with Gasteiger partial charge in [0, 0.05) is 0 Å². The summed E-state index contributed by atoms with van der Waals surface area (Å²) in [6, 6.07) is 15.8. The SMILES string of the molecule is NC1[C@@H](OC(=O)c2ccccc2)[C@@H]2OCO[C@@H]2[C@H](OC(=O)c2ccccc2)[C@H]1O. The summed E-state index contributed by atoms with van der Waals surface area (Å²) in [5.41, 5.74) is 6.84. The number of esters is 2. The van der Waals surface area contributed by atoms with Crippen LogP contribution in [0.2, 0.25) is 0 Å². The summed E-state index contributed by atoms with van der Waals surface area (Å²) in [6.45, 7) is -0.0897. The average Bonchev–Trinajstić information content (AvgIpc) is 3.24. The molecule has 2 fully saturated rings. The number of carbonyl (C=O) groups excluding carboxylic acids is 2. The van der Waals surface area contributed by atoms with Crippen LogP contribution in [0.3, 0.4) is 0 Å². The normalized spacial score (nSPS) is 31.0. The first-order chi connectivity index (χ1) is 14.1. The topological polar surface area (TPSA) is 117 Å². The Bertz CT molecular complexity index is 788. The van der Waals surface area contributed by atoms with Gasteiger partial charge in [0.15, 0.2) is 6.10 Å². The molecule has 1 saturated carbocycles. The van der Waals surface area contributed by atoms with E-state index in [9.17, 15) is 14.7 Å². The second-order valence-corrected chi connectivity index (χ2v) is 6.92. The van der Waals surface area contributed by atoms with Crippen molar-refractivity contribution in [3.8, 4) is 0 Å². The molecule has 0 aromatic heterocycles. The third kappa shape index (κ3) is 3.88.